The SMILES string of the molecule is C=C(c1nc(/C=C/C(C)C)cc2c(N/C(=C\F)CCN([CH2-])C)cccc12)C(F)(F)F.C[B]C.[Cs+]. The first-order chi connectivity index (χ1) is 15.4. The molecule has 0 aliphatic carbocycles. The average Bonchev–Trinajstić information content (AvgIpc) is 2.74. The van der Waals surface area contributed by atoms with Crippen molar-refractivity contribution in [3.05, 3.63) is 67.4 Å². The predicted molar refractivity (Wildman–Crippen MR) is 134 cm³/mol. The second-order valence-electron chi connectivity index (χ2n) is 8.04. The van der Waals surface area contributed by atoms with Crippen LogP contribution in [0.5, 0.6) is 0 Å². The number of pyridine rings is 1. The van der Waals surface area contributed by atoms with Gasteiger partial charge in [0.1, 0.15) is 13.6 Å². The van der Waals surface area contributed by atoms with Crippen molar-refractivity contribution in [1.82, 2.24) is 9.88 Å². The normalized spacial score (nSPS) is 11.9. The summed E-state index contributed by atoms with van der Waals surface area (Å²) in [6, 6.07) is 6.54. The topological polar surface area (TPSA) is 28.2 Å². The van der Waals surface area contributed by atoms with E-state index >= 15 is 0 Å². The Morgan fingerprint density at radius 3 is 2.38 bits per heavy atom. The van der Waals surface area contributed by atoms with E-state index < -0.39 is 11.7 Å². The number of hydrogen-bond donors (Lipinski definition) is 1. The van der Waals surface area contributed by atoms with Crippen molar-refractivity contribution >= 4 is 35.4 Å². The molecule has 3 nitrogen and oxygen atoms in total. The average molecular weight is 594 g/mol. The molecule has 0 spiro atoms. The number of allylic oxidation sites excluding steroid dienone is 2. The number of halogens is 4. The molecule has 0 aliphatic heterocycles. The molecule has 0 aliphatic rings. The number of rotatable bonds is 8. The van der Waals surface area contributed by atoms with E-state index in [-0.39, 0.29) is 85.9 Å². The minimum absolute atomic E-state index is 0. The van der Waals surface area contributed by atoms with Crippen LogP contribution in [-0.2, 0) is 0 Å². The van der Waals surface area contributed by atoms with Crippen molar-refractivity contribution in [2.45, 2.75) is 40.1 Å². The molecule has 1 aromatic heterocycles. The molecule has 0 saturated heterocycles. The van der Waals surface area contributed by atoms with Crippen LogP contribution in [0.4, 0.5) is 23.2 Å². The van der Waals surface area contributed by atoms with Gasteiger partial charge < -0.3 is 10.2 Å². The summed E-state index contributed by atoms with van der Waals surface area (Å²) in [5, 5.41) is 3.78. The van der Waals surface area contributed by atoms with Gasteiger partial charge in [-0.15, -0.1) is 0 Å². The summed E-state index contributed by atoms with van der Waals surface area (Å²) in [4.78, 5) is 5.87. The molecular formula is C25H32BCsF4N3. The fraction of sp³-hybridized carbons (Fsp3) is 0.360. The van der Waals surface area contributed by atoms with Crippen LogP contribution in [0.1, 0.15) is 31.7 Å². The zero-order valence-corrected chi connectivity index (χ0v) is 27.2. The zero-order valence-electron chi connectivity index (χ0n) is 20.9. The fourth-order valence-electron chi connectivity index (χ4n) is 2.78. The molecule has 0 unspecified atom stereocenters. The van der Waals surface area contributed by atoms with E-state index in [9.17, 15) is 17.6 Å². The van der Waals surface area contributed by atoms with Crippen LogP contribution in [-0.4, -0.2) is 36.9 Å². The fourth-order valence-corrected chi connectivity index (χ4v) is 2.78. The summed E-state index contributed by atoms with van der Waals surface area (Å²) in [5.74, 6) is 0.200. The second-order valence-corrected chi connectivity index (χ2v) is 8.04. The van der Waals surface area contributed by atoms with Crippen molar-refractivity contribution in [2.24, 2.45) is 5.92 Å². The number of fused-ring (bicyclic) bond motifs is 1. The van der Waals surface area contributed by atoms with Gasteiger partial charge >= 0.3 is 75.1 Å². The van der Waals surface area contributed by atoms with Crippen molar-refractivity contribution in [3.63, 3.8) is 0 Å². The van der Waals surface area contributed by atoms with E-state index in [4.69, 9.17) is 0 Å². The molecule has 1 aromatic carbocycles. The van der Waals surface area contributed by atoms with E-state index in [1.165, 1.54) is 0 Å². The summed E-state index contributed by atoms with van der Waals surface area (Å²) in [6.45, 7) is 11.6. The second kappa shape index (κ2) is 16.2. The summed E-state index contributed by atoms with van der Waals surface area (Å²) < 4.78 is 53.6. The van der Waals surface area contributed by atoms with E-state index in [1.54, 1.807) is 42.3 Å². The Kier molecular flexibility index (Phi) is 16.0. The van der Waals surface area contributed by atoms with E-state index in [1.807, 2.05) is 40.8 Å². The Bertz CT molecular complexity index is 986. The van der Waals surface area contributed by atoms with Gasteiger partial charge in [0.2, 0.25) is 0 Å². The molecule has 34 heavy (non-hydrogen) atoms. The predicted octanol–water partition coefficient (Wildman–Crippen LogP) is 4.61. The number of alkyl halides is 3. The Labute approximate surface area is 260 Å². The largest absolute Gasteiger partial charge is 1.00 e. The molecule has 179 valence electrons. The van der Waals surface area contributed by atoms with Crippen molar-refractivity contribution in [3.8, 4) is 0 Å². The first-order valence-electron chi connectivity index (χ1n) is 10.6. The van der Waals surface area contributed by atoms with Crippen LogP contribution in [0.15, 0.2) is 48.9 Å². The molecular weight excluding hydrogens is 562 g/mol. The van der Waals surface area contributed by atoms with Gasteiger partial charge in [-0.2, -0.15) is 13.2 Å². The van der Waals surface area contributed by atoms with Crippen LogP contribution in [0.25, 0.3) is 22.4 Å². The zero-order chi connectivity index (χ0) is 25.2. The molecule has 0 fully saturated rings. The third kappa shape index (κ3) is 11.0. The molecule has 1 N–H and O–H groups in total. The molecule has 0 amide bonds. The maximum atomic E-state index is 13.4. The number of anilines is 1. The van der Waals surface area contributed by atoms with Crippen LogP contribution >= 0.6 is 0 Å². The summed E-state index contributed by atoms with van der Waals surface area (Å²) in [6.07, 6.45) is -0.274. The molecule has 0 saturated carbocycles. The van der Waals surface area contributed by atoms with Gasteiger partial charge in [0.15, 0.2) is 0 Å². The Balaban J connectivity index is 0.00000258. The van der Waals surface area contributed by atoms with Gasteiger partial charge in [-0.3, -0.25) is 7.05 Å². The molecule has 2 rings (SSSR count). The minimum Gasteiger partial charge on any atom is -0.461 e. The maximum absolute atomic E-state index is 13.4. The third-order valence-corrected chi connectivity index (χ3v) is 4.36. The molecule has 1 heterocycles. The number of hydrogen-bond acceptors (Lipinski definition) is 3. The van der Waals surface area contributed by atoms with Crippen molar-refractivity contribution in [1.29, 1.82) is 0 Å². The van der Waals surface area contributed by atoms with Gasteiger partial charge in [-0.25, -0.2) is 9.37 Å². The van der Waals surface area contributed by atoms with Crippen LogP contribution in [0.2, 0.25) is 13.6 Å². The maximum Gasteiger partial charge on any atom is 1.00 e. The first kappa shape index (κ1) is 33.4. The first-order valence-corrected chi connectivity index (χ1v) is 10.6. The van der Waals surface area contributed by atoms with Crippen molar-refractivity contribution in [2.75, 3.05) is 18.9 Å². The van der Waals surface area contributed by atoms with Crippen LogP contribution < -0.4 is 74.2 Å². The Morgan fingerprint density at radius 2 is 1.88 bits per heavy atom. The number of benzene rings is 1. The number of aromatic nitrogens is 1. The standard InChI is InChI=1S/C23H26F4N3.C2H6B.Cs/c1-15(2)9-10-17-13-20-19(22(29-17)16(3)23(25,26)27)7-6-8-21(20)28-18(14-24)11-12-30(4)5;1-3-2;/h6-10,13-15,28H,3-4,11-12H2,1-2,5H3;1-2H3;/q-1;;+1/b10-9+,18-14-;;. The van der Waals surface area contributed by atoms with Gasteiger partial charge in [0, 0.05) is 28.6 Å². The quantitative estimate of drug-likeness (QED) is 0.275. The molecule has 1 radical (unpaired) electrons. The van der Waals surface area contributed by atoms with Gasteiger partial charge in [-0.05, 0) is 37.7 Å². The van der Waals surface area contributed by atoms with E-state index in [2.05, 4.69) is 23.9 Å². The monoisotopic (exact) mass is 594 g/mol. The molecule has 0 atom stereocenters. The number of nitrogens with one attached hydrogen (secondary N) is 1. The minimum atomic E-state index is -4.62. The summed E-state index contributed by atoms with van der Waals surface area (Å²) >= 11 is 0. The van der Waals surface area contributed by atoms with E-state index in [0.29, 0.717) is 41.8 Å². The Morgan fingerprint density at radius 1 is 1.26 bits per heavy atom. The van der Waals surface area contributed by atoms with Gasteiger partial charge in [0.25, 0.3) is 0 Å². The van der Waals surface area contributed by atoms with Crippen molar-refractivity contribution < 1.29 is 86.5 Å². The smallest absolute Gasteiger partial charge is 0.461 e. The molecule has 0 bridgehead atoms. The Hall–Kier alpha value is -0.553. The number of nitrogens with zero attached hydrogens (tertiary/aromatic N) is 2. The van der Waals surface area contributed by atoms with Crippen LogP contribution in [0.3, 0.4) is 0 Å². The summed E-state index contributed by atoms with van der Waals surface area (Å²) in [7, 11) is 7.49. The van der Waals surface area contributed by atoms with Gasteiger partial charge in [-0.1, -0.05) is 52.3 Å². The van der Waals surface area contributed by atoms with Gasteiger partial charge in [0.05, 0.1) is 17.0 Å². The molecule has 2 aromatic rings. The van der Waals surface area contributed by atoms with Crippen LogP contribution in [0, 0.1) is 13.0 Å². The molecule has 9 heteroatoms. The summed E-state index contributed by atoms with van der Waals surface area (Å²) in [5.41, 5.74) is -0.111. The van der Waals surface area contributed by atoms with E-state index in [0.717, 1.165) is 0 Å². The third-order valence-electron chi connectivity index (χ3n) is 4.36.